The molecule has 0 radical (unpaired) electrons. The monoisotopic (exact) mass is 194 g/mol. The zero-order valence-electron chi connectivity index (χ0n) is 9.84. The van der Waals surface area contributed by atoms with Crippen LogP contribution in [0, 0.1) is 5.92 Å². The molecule has 1 nitrogen and oxygen atoms in total. The molecule has 80 valence electrons. The van der Waals surface area contributed by atoms with E-state index in [0.29, 0.717) is 5.92 Å². The van der Waals surface area contributed by atoms with Gasteiger partial charge in [-0.25, -0.2) is 0 Å². The van der Waals surface area contributed by atoms with Gasteiger partial charge in [-0.05, 0) is 32.6 Å². The zero-order chi connectivity index (χ0) is 10.8. The minimum absolute atomic E-state index is 0.0616. The van der Waals surface area contributed by atoms with Crippen molar-refractivity contribution in [2.45, 2.75) is 52.2 Å². The van der Waals surface area contributed by atoms with Crippen LogP contribution in [-0.2, 0) is 4.74 Å². The normalized spacial score (nSPS) is 33.1. The molecule has 1 heteroatoms. The van der Waals surface area contributed by atoms with Crippen LogP contribution in [-0.4, -0.2) is 11.7 Å². The molecule has 14 heavy (non-hydrogen) atoms. The predicted molar refractivity (Wildman–Crippen MR) is 61.3 cm³/mol. The van der Waals surface area contributed by atoms with E-state index >= 15 is 0 Å². The van der Waals surface area contributed by atoms with Crippen molar-refractivity contribution in [2.75, 3.05) is 0 Å². The summed E-state index contributed by atoms with van der Waals surface area (Å²) in [5.74, 6) is 0.597. The predicted octanol–water partition coefficient (Wildman–Crippen LogP) is 3.71. The fourth-order valence-electron chi connectivity index (χ4n) is 1.73. The van der Waals surface area contributed by atoms with Gasteiger partial charge in [-0.2, -0.15) is 0 Å². The fourth-order valence-corrected chi connectivity index (χ4v) is 1.73. The molecule has 0 bridgehead atoms. The third-order valence-corrected chi connectivity index (χ3v) is 2.70. The van der Waals surface area contributed by atoms with Crippen LogP contribution in [0.1, 0.15) is 40.5 Å². The highest BCUT2D eigenvalue weighted by molar-refractivity contribution is 5.10. The van der Waals surface area contributed by atoms with Gasteiger partial charge in [-0.3, -0.25) is 0 Å². The van der Waals surface area contributed by atoms with Gasteiger partial charge in [-0.15, -0.1) is 0 Å². The molecule has 0 N–H and O–H groups in total. The lowest BCUT2D eigenvalue weighted by atomic mass is 9.99. The molecule has 1 heterocycles. The van der Waals surface area contributed by atoms with E-state index < -0.39 is 0 Å². The molecule has 0 amide bonds. The molecule has 1 saturated heterocycles. The van der Waals surface area contributed by atoms with Gasteiger partial charge in [0.05, 0.1) is 11.7 Å². The van der Waals surface area contributed by atoms with Crippen LogP contribution in [0.2, 0.25) is 0 Å². The highest BCUT2D eigenvalue weighted by atomic mass is 16.5. The van der Waals surface area contributed by atoms with Gasteiger partial charge in [0.25, 0.3) is 0 Å². The second kappa shape index (κ2) is 4.31. The quantitative estimate of drug-likeness (QED) is 0.622. The number of allylic oxidation sites excluding steroid dienone is 1. The van der Waals surface area contributed by atoms with Gasteiger partial charge in [0.1, 0.15) is 0 Å². The Labute approximate surface area is 87.8 Å². The minimum atomic E-state index is -0.0616. The first-order valence-corrected chi connectivity index (χ1v) is 5.45. The molecule has 0 aromatic carbocycles. The summed E-state index contributed by atoms with van der Waals surface area (Å²) in [5.41, 5.74) is 1.08. The summed E-state index contributed by atoms with van der Waals surface area (Å²) >= 11 is 0. The number of hydrogen-bond acceptors (Lipinski definition) is 1. The van der Waals surface area contributed by atoms with Crippen molar-refractivity contribution in [3.63, 3.8) is 0 Å². The van der Waals surface area contributed by atoms with E-state index in [1.165, 1.54) is 0 Å². The third kappa shape index (κ3) is 2.98. The Bertz CT molecular complexity index is 240. The Hall–Kier alpha value is -0.560. The second-order valence-electron chi connectivity index (χ2n) is 4.91. The summed E-state index contributed by atoms with van der Waals surface area (Å²) in [6.07, 6.45) is 6.90. The maximum atomic E-state index is 5.97. The van der Waals surface area contributed by atoms with Gasteiger partial charge in [-0.1, -0.05) is 38.2 Å². The summed E-state index contributed by atoms with van der Waals surface area (Å²) in [7, 11) is 0. The molecule has 0 aliphatic carbocycles. The number of ether oxygens (including phenoxy) is 1. The van der Waals surface area contributed by atoms with Crippen LogP contribution in [0.15, 0.2) is 24.3 Å². The van der Waals surface area contributed by atoms with E-state index in [9.17, 15) is 0 Å². The standard InChI is InChI=1S/C13H22O/c1-10(2)6-8-13(5)9-7-12(14-13)11(3)4/h6,8,10,12H,3,7,9H2,1-2,4-5H3/b8-6+/t12-,13-/m0/s1. The van der Waals surface area contributed by atoms with E-state index in [-0.39, 0.29) is 11.7 Å². The Kier molecular flexibility index (Phi) is 3.54. The summed E-state index contributed by atoms with van der Waals surface area (Å²) in [4.78, 5) is 0. The van der Waals surface area contributed by atoms with Crippen molar-refractivity contribution in [1.29, 1.82) is 0 Å². The molecule has 1 aliphatic heterocycles. The van der Waals surface area contributed by atoms with E-state index in [1.54, 1.807) is 0 Å². The van der Waals surface area contributed by atoms with E-state index in [4.69, 9.17) is 4.74 Å². The fraction of sp³-hybridized carbons (Fsp3) is 0.692. The van der Waals surface area contributed by atoms with E-state index in [1.807, 2.05) is 6.92 Å². The third-order valence-electron chi connectivity index (χ3n) is 2.70. The number of rotatable bonds is 3. The Balaban J connectivity index is 2.57. The van der Waals surface area contributed by atoms with Crippen LogP contribution in [0.4, 0.5) is 0 Å². The Morgan fingerprint density at radius 1 is 1.57 bits per heavy atom. The topological polar surface area (TPSA) is 9.23 Å². The summed E-state index contributed by atoms with van der Waals surface area (Å²) in [6, 6.07) is 0. The molecule has 0 aromatic heterocycles. The molecule has 2 atom stereocenters. The summed E-state index contributed by atoms with van der Waals surface area (Å²) < 4.78 is 5.97. The molecule has 0 spiro atoms. The Morgan fingerprint density at radius 3 is 2.64 bits per heavy atom. The largest absolute Gasteiger partial charge is 0.364 e. The average molecular weight is 194 g/mol. The first-order valence-electron chi connectivity index (χ1n) is 5.45. The first kappa shape index (κ1) is 11.5. The van der Waals surface area contributed by atoms with E-state index in [2.05, 4.69) is 39.5 Å². The zero-order valence-corrected chi connectivity index (χ0v) is 9.84. The SMILES string of the molecule is C=C(C)[C@@H]1CC[C@](C)(/C=C/C(C)C)O1. The summed E-state index contributed by atoms with van der Waals surface area (Å²) in [6.45, 7) is 12.5. The molecule has 0 aromatic rings. The van der Waals surface area contributed by atoms with Gasteiger partial charge < -0.3 is 4.74 Å². The summed E-state index contributed by atoms with van der Waals surface area (Å²) in [5, 5.41) is 0. The van der Waals surface area contributed by atoms with Crippen molar-refractivity contribution in [1.82, 2.24) is 0 Å². The van der Waals surface area contributed by atoms with Crippen LogP contribution in [0.3, 0.4) is 0 Å². The van der Waals surface area contributed by atoms with Crippen LogP contribution in [0.25, 0.3) is 0 Å². The lowest BCUT2D eigenvalue weighted by Gasteiger charge is -2.21. The molecule has 0 saturated carbocycles. The van der Waals surface area contributed by atoms with Crippen LogP contribution >= 0.6 is 0 Å². The van der Waals surface area contributed by atoms with Gasteiger partial charge in [0.15, 0.2) is 0 Å². The molecular weight excluding hydrogens is 172 g/mol. The van der Waals surface area contributed by atoms with Gasteiger partial charge >= 0.3 is 0 Å². The maximum absolute atomic E-state index is 5.97. The minimum Gasteiger partial charge on any atom is -0.364 e. The van der Waals surface area contributed by atoms with Crippen molar-refractivity contribution in [3.05, 3.63) is 24.3 Å². The molecular formula is C13H22O. The molecule has 0 unspecified atom stereocenters. The van der Waals surface area contributed by atoms with Gasteiger partial charge in [0.2, 0.25) is 0 Å². The number of hydrogen-bond donors (Lipinski definition) is 0. The highest BCUT2D eigenvalue weighted by Crippen LogP contribution is 2.34. The van der Waals surface area contributed by atoms with Crippen molar-refractivity contribution >= 4 is 0 Å². The van der Waals surface area contributed by atoms with E-state index in [0.717, 1.165) is 18.4 Å². The smallest absolute Gasteiger partial charge is 0.0843 e. The lowest BCUT2D eigenvalue weighted by molar-refractivity contribution is 0.0218. The van der Waals surface area contributed by atoms with Crippen LogP contribution < -0.4 is 0 Å². The average Bonchev–Trinajstić information content (AvgIpc) is 2.46. The molecule has 1 aliphatic rings. The van der Waals surface area contributed by atoms with Crippen LogP contribution in [0.5, 0.6) is 0 Å². The highest BCUT2D eigenvalue weighted by Gasteiger charge is 2.33. The van der Waals surface area contributed by atoms with Crippen molar-refractivity contribution in [3.8, 4) is 0 Å². The Morgan fingerprint density at radius 2 is 2.21 bits per heavy atom. The van der Waals surface area contributed by atoms with Crippen molar-refractivity contribution in [2.24, 2.45) is 5.92 Å². The first-order chi connectivity index (χ1) is 6.43. The van der Waals surface area contributed by atoms with Gasteiger partial charge in [0, 0.05) is 0 Å². The maximum Gasteiger partial charge on any atom is 0.0843 e. The lowest BCUT2D eigenvalue weighted by Crippen LogP contribution is -2.22. The second-order valence-corrected chi connectivity index (χ2v) is 4.91. The molecule has 1 fully saturated rings. The molecule has 1 rings (SSSR count). The van der Waals surface area contributed by atoms with Crippen molar-refractivity contribution < 1.29 is 4.74 Å².